The quantitative estimate of drug-likeness (QED) is 0.518. The molecule has 1 aromatic rings. The Balaban J connectivity index is 2.60. The van der Waals surface area contributed by atoms with E-state index in [9.17, 15) is 25.5 Å². The molecule has 2 rings (SSSR count). The SMILES string of the molecule is CN(C)C(O)(O)C(O)(c1ccc(O)cc1)C1(O)CCCCC1. The summed E-state index contributed by atoms with van der Waals surface area (Å²) < 4.78 is 0. The number of hydrogen-bond donors (Lipinski definition) is 5. The Kier molecular flexibility index (Phi) is 4.52. The van der Waals surface area contributed by atoms with E-state index >= 15 is 0 Å². The molecule has 6 nitrogen and oxygen atoms in total. The minimum absolute atomic E-state index is 0.00642. The monoisotopic (exact) mass is 311 g/mol. The molecule has 5 N–H and O–H groups in total. The fraction of sp³-hybridized carbons (Fsp3) is 0.625. The van der Waals surface area contributed by atoms with Gasteiger partial charge in [0.15, 0.2) is 5.60 Å². The van der Waals surface area contributed by atoms with Crippen molar-refractivity contribution in [2.75, 3.05) is 14.1 Å². The van der Waals surface area contributed by atoms with Crippen molar-refractivity contribution in [1.82, 2.24) is 4.90 Å². The zero-order valence-corrected chi connectivity index (χ0v) is 13.0. The van der Waals surface area contributed by atoms with Gasteiger partial charge in [-0.15, -0.1) is 0 Å². The van der Waals surface area contributed by atoms with Crippen molar-refractivity contribution in [2.45, 2.75) is 49.2 Å². The summed E-state index contributed by atoms with van der Waals surface area (Å²) in [5.74, 6) is -2.68. The molecule has 0 spiro atoms. The van der Waals surface area contributed by atoms with Gasteiger partial charge >= 0.3 is 0 Å². The summed E-state index contributed by atoms with van der Waals surface area (Å²) in [5, 5.41) is 52.9. The second-order valence-electron chi connectivity index (χ2n) is 6.38. The van der Waals surface area contributed by atoms with Crippen LogP contribution in [-0.2, 0) is 5.60 Å². The Morgan fingerprint density at radius 1 is 0.955 bits per heavy atom. The molecule has 0 heterocycles. The van der Waals surface area contributed by atoms with Crippen molar-refractivity contribution in [3.8, 4) is 5.75 Å². The normalized spacial score (nSPS) is 21.6. The minimum atomic E-state index is -2.67. The molecule has 1 fully saturated rings. The lowest BCUT2D eigenvalue weighted by molar-refractivity contribution is -0.389. The third-order valence-electron chi connectivity index (χ3n) is 4.75. The van der Waals surface area contributed by atoms with Crippen LogP contribution in [-0.4, -0.2) is 56.0 Å². The molecule has 0 radical (unpaired) electrons. The topological polar surface area (TPSA) is 104 Å². The molecule has 0 bridgehead atoms. The molecule has 1 aliphatic rings. The van der Waals surface area contributed by atoms with Crippen molar-refractivity contribution < 1.29 is 25.5 Å². The van der Waals surface area contributed by atoms with Gasteiger partial charge in [-0.25, -0.2) is 0 Å². The van der Waals surface area contributed by atoms with Gasteiger partial charge in [-0.2, -0.15) is 0 Å². The summed E-state index contributed by atoms with van der Waals surface area (Å²) in [5.41, 5.74) is -3.83. The van der Waals surface area contributed by atoms with E-state index in [0.717, 1.165) is 11.3 Å². The molecule has 0 aromatic heterocycles. The number of aromatic hydroxyl groups is 1. The van der Waals surface area contributed by atoms with Gasteiger partial charge in [0.25, 0.3) is 5.91 Å². The molecule has 0 amide bonds. The van der Waals surface area contributed by atoms with Crippen LogP contribution in [0.1, 0.15) is 37.7 Å². The van der Waals surface area contributed by atoms with E-state index in [2.05, 4.69) is 0 Å². The number of nitrogens with zero attached hydrogens (tertiary/aromatic N) is 1. The number of likely N-dealkylation sites (N-methyl/N-ethyl adjacent to an activating group) is 1. The van der Waals surface area contributed by atoms with Crippen LogP contribution in [0.5, 0.6) is 5.75 Å². The van der Waals surface area contributed by atoms with Crippen LogP contribution < -0.4 is 0 Å². The Hall–Kier alpha value is -1.18. The van der Waals surface area contributed by atoms with E-state index < -0.39 is 17.1 Å². The lowest BCUT2D eigenvalue weighted by Gasteiger charge is -2.53. The van der Waals surface area contributed by atoms with Gasteiger partial charge in [-0.3, -0.25) is 4.90 Å². The van der Waals surface area contributed by atoms with Gasteiger partial charge in [0, 0.05) is 0 Å². The van der Waals surface area contributed by atoms with Crippen molar-refractivity contribution in [3.05, 3.63) is 29.8 Å². The number of phenolic OH excluding ortho intramolecular Hbond substituents is 1. The average molecular weight is 311 g/mol. The van der Waals surface area contributed by atoms with Crippen molar-refractivity contribution >= 4 is 0 Å². The lowest BCUT2D eigenvalue weighted by atomic mass is 9.67. The summed E-state index contributed by atoms with van der Waals surface area (Å²) in [6.07, 6.45) is 2.85. The van der Waals surface area contributed by atoms with Crippen molar-refractivity contribution in [3.63, 3.8) is 0 Å². The van der Waals surface area contributed by atoms with Gasteiger partial charge in [0.2, 0.25) is 0 Å². The van der Waals surface area contributed by atoms with Crippen LogP contribution in [0, 0.1) is 0 Å². The number of hydrogen-bond acceptors (Lipinski definition) is 6. The molecule has 124 valence electrons. The predicted octanol–water partition coefficient (Wildman–Crippen LogP) is 0.475. The lowest BCUT2D eigenvalue weighted by Crippen LogP contribution is -2.70. The Morgan fingerprint density at radius 3 is 1.91 bits per heavy atom. The van der Waals surface area contributed by atoms with Crippen LogP contribution in [0.4, 0.5) is 0 Å². The standard InChI is InChI=1S/C16H25NO5/c1-17(2)16(21,22)15(20,12-6-8-13(18)9-7-12)14(19)10-4-3-5-11-14/h6-9,18-22H,3-5,10-11H2,1-2H3. The molecule has 1 unspecified atom stereocenters. The van der Waals surface area contributed by atoms with Gasteiger partial charge < -0.3 is 25.5 Å². The maximum absolute atomic E-state index is 11.3. The largest absolute Gasteiger partial charge is 0.508 e. The molecular weight excluding hydrogens is 286 g/mol. The number of rotatable bonds is 4. The number of aliphatic hydroxyl groups is 4. The van der Waals surface area contributed by atoms with E-state index in [0.29, 0.717) is 12.8 Å². The molecule has 1 saturated carbocycles. The van der Waals surface area contributed by atoms with Crippen LogP contribution in [0.2, 0.25) is 0 Å². The fourth-order valence-electron chi connectivity index (χ4n) is 3.30. The third-order valence-corrected chi connectivity index (χ3v) is 4.75. The molecule has 1 aliphatic carbocycles. The van der Waals surface area contributed by atoms with E-state index in [1.807, 2.05) is 0 Å². The molecular formula is C16H25NO5. The van der Waals surface area contributed by atoms with Gasteiger partial charge in [-0.1, -0.05) is 31.4 Å². The van der Waals surface area contributed by atoms with E-state index in [-0.39, 0.29) is 24.2 Å². The first-order valence-electron chi connectivity index (χ1n) is 7.51. The van der Waals surface area contributed by atoms with E-state index in [1.54, 1.807) is 0 Å². The second kappa shape index (κ2) is 5.79. The molecule has 1 atom stereocenters. The summed E-state index contributed by atoms with van der Waals surface area (Å²) in [7, 11) is 2.83. The highest BCUT2D eigenvalue weighted by Gasteiger charge is 2.63. The zero-order valence-electron chi connectivity index (χ0n) is 13.0. The first-order chi connectivity index (χ1) is 10.1. The summed E-state index contributed by atoms with van der Waals surface area (Å²) in [6.45, 7) is 0. The molecule has 22 heavy (non-hydrogen) atoms. The van der Waals surface area contributed by atoms with Crippen LogP contribution in [0.15, 0.2) is 24.3 Å². The number of benzene rings is 1. The summed E-state index contributed by atoms with van der Waals surface area (Å²) >= 11 is 0. The maximum atomic E-state index is 11.3. The van der Waals surface area contributed by atoms with Crippen LogP contribution >= 0.6 is 0 Å². The van der Waals surface area contributed by atoms with Crippen LogP contribution in [0.3, 0.4) is 0 Å². The van der Waals surface area contributed by atoms with Crippen LogP contribution in [0.25, 0.3) is 0 Å². The zero-order chi connectivity index (χ0) is 16.6. The van der Waals surface area contributed by atoms with Crippen molar-refractivity contribution in [2.24, 2.45) is 0 Å². The Bertz CT molecular complexity index is 508. The highest BCUT2D eigenvalue weighted by molar-refractivity contribution is 5.34. The second-order valence-corrected chi connectivity index (χ2v) is 6.38. The molecule has 0 saturated heterocycles. The number of phenols is 1. The highest BCUT2D eigenvalue weighted by Crippen LogP contribution is 2.48. The smallest absolute Gasteiger partial charge is 0.262 e. The minimum Gasteiger partial charge on any atom is -0.508 e. The molecule has 1 aromatic carbocycles. The third kappa shape index (κ3) is 2.51. The first kappa shape index (κ1) is 17.2. The van der Waals surface area contributed by atoms with E-state index in [4.69, 9.17) is 0 Å². The molecule has 6 heteroatoms. The highest BCUT2D eigenvalue weighted by atomic mass is 16.6. The average Bonchev–Trinajstić information content (AvgIpc) is 2.47. The predicted molar refractivity (Wildman–Crippen MR) is 80.9 cm³/mol. The van der Waals surface area contributed by atoms with Gasteiger partial charge in [0.05, 0.1) is 0 Å². The fourth-order valence-corrected chi connectivity index (χ4v) is 3.30. The summed E-state index contributed by atoms with van der Waals surface area (Å²) in [4.78, 5) is 1.06. The van der Waals surface area contributed by atoms with E-state index in [1.165, 1.54) is 38.4 Å². The molecule has 0 aliphatic heterocycles. The maximum Gasteiger partial charge on any atom is 0.262 e. The van der Waals surface area contributed by atoms with Gasteiger partial charge in [0.1, 0.15) is 11.4 Å². The van der Waals surface area contributed by atoms with Gasteiger partial charge in [-0.05, 0) is 44.6 Å². The first-order valence-corrected chi connectivity index (χ1v) is 7.51. The summed E-state index contributed by atoms with van der Waals surface area (Å²) in [6, 6.07) is 5.48. The van der Waals surface area contributed by atoms with Crippen molar-refractivity contribution in [1.29, 1.82) is 0 Å². The Morgan fingerprint density at radius 2 is 1.45 bits per heavy atom. The Labute approximate surface area is 130 Å².